The third-order valence-electron chi connectivity index (χ3n) is 1.67. The molecule has 0 spiro atoms. The van der Waals surface area contributed by atoms with E-state index in [1.165, 1.54) is 0 Å². The first-order valence-corrected chi connectivity index (χ1v) is 4.53. The summed E-state index contributed by atoms with van der Waals surface area (Å²) in [5.74, 6) is -0.589. The molecule has 1 aromatic carbocycles. The Balaban J connectivity index is 3.12. The molecule has 0 aromatic heterocycles. The lowest BCUT2D eigenvalue weighted by Gasteiger charge is -2.08. The van der Waals surface area contributed by atoms with Gasteiger partial charge in [-0.05, 0) is 18.6 Å². The molecular weight excluding hydrogens is 209 g/mol. The number of aryl methyl sites for hydroxylation is 1. The van der Waals surface area contributed by atoms with E-state index in [9.17, 15) is 4.79 Å². The number of amides is 1. The molecule has 1 atom stereocenters. The molecule has 70 valence electrons. The highest BCUT2D eigenvalue weighted by Gasteiger charge is 2.17. The Bertz CT molecular complexity index is 338. The number of alkyl halides is 1. The molecule has 1 rings (SSSR count). The molecule has 0 bridgehead atoms. The van der Waals surface area contributed by atoms with E-state index in [-0.39, 0.29) is 0 Å². The normalized spacial score (nSPS) is 12.5. The van der Waals surface area contributed by atoms with E-state index >= 15 is 0 Å². The van der Waals surface area contributed by atoms with Gasteiger partial charge < -0.3 is 5.73 Å². The van der Waals surface area contributed by atoms with Crippen LogP contribution in [0.2, 0.25) is 5.02 Å². The fourth-order valence-corrected chi connectivity index (χ4v) is 1.47. The summed E-state index contributed by atoms with van der Waals surface area (Å²) in [5, 5.41) is -0.392. The van der Waals surface area contributed by atoms with Crippen LogP contribution in [-0.4, -0.2) is 5.91 Å². The van der Waals surface area contributed by atoms with E-state index in [0.717, 1.165) is 5.56 Å². The van der Waals surface area contributed by atoms with Crippen molar-refractivity contribution in [3.05, 3.63) is 34.3 Å². The van der Waals surface area contributed by atoms with Crippen LogP contribution < -0.4 is 5.73 Å². The number of carbonyl (C=O) groups is 1. The standard InChI is InChI=1S/C9H9Cl2NO/c1-5-2-3-7(10)6(4-5)8(11)9(12)13/h2-4,8H,1H3,(H2,12,13). The van der Waals surface area contributed by atoms with E-state index in [4.69, 9.17) is 28.9 Å². The maximum atomic E-state index is 10.8. The van der Waals surface area contributed by atoms with Crippen LogP contribution >= 0.6 is 23.2 Å². The van der Waals surface area contributed by atoms with Crippen LogP contribution in [0.3, 0.4) is 0 Å². The molecule has 0 saturated heterocycles. The first-order chi connectivity index (χ1) is 6.02. The number of primary amides is 1. The summed E-state index contributed by atoms with van der Waals surface area (Å²) < 4.78 is 0. The highest BCUT2D eigenvalue weighted by atomic mass is 35.5. The van der Waals surface area contributed by atoms with Crippen molar-refractivity contribution in [1.29, 1.82) is 0 Å². The summed E-state index contributed by atoms with van der Waals surface area (Å²) in [6, 6.07) is 5.30. The molecule has 0 radical (unpaired) electrons. The zero-order valence-corrected chi connectivity index (χ0v) is 8.56. The van der Waals surface area contributed by atoms with Gasteiger partial charge in [-0.3, -0.25) is 4.79 Å². The lowest BCUT2D eigenvalue weighted by molar-refractivity contribution is -0.117. The third-order valence-corrected chi connectivity index (χ3v) is 2.47. The molecule has 0 aliphatic carbocycles. The van der Waals surface area contributed by atoms with Crippen LogP contribution in [0.4, 0.5) is 0 Å². The number of hydrogen-bond donors (Lipinski definition) is 1. The van der Waals surface area contributed by atoms with Crippen molar-refractivity contribution in [2.24, 2.45) is 5.73 Å². The van der Waals surface area contributed by atoms with Gasteiger partial charge in [0.15, 0.2) is 0 Å². The van der Waals surface area contributed by atoms with E-state index in [1.54, 1.807) is 12.1 Å². The highest BCUT2D eigenvalue weighted by Crippen LogP contribution is 2.28. The number of benzene rings is 1. The van der Waals surface area contributed by atoms with E-state index in [2.05, 4.69) is 0 Å². The minimum atomic E-state index is -0.854. The van der Waals surface area contributed by atoms with Crippen molar-refractivity contribution in [2.75, 3.05) is 0 Å². The van der Waals surface area contributed by atoms with Crippen molar-refractivity contribution < 1.29 is 4.79 Å². The summed E-state index contributed by atoms with van der Waals surface area (Å²) in [6.45, 7) is 1.89. The zero-order chi connectivity index (χ0) is 10.0. The van der Waals surface area contributed by atoms with Gasteiger partial charge in [-0.1, -0.05) is 29.3 Å². The van der Waals surface area contributed by atoms with Crippen molar-refractivity contribution >= 4 is 29.1 Å². The van der Waals surface area contributed by atoms with E-state index < -0.39 is 11.3 Å². The molecule has 13 heavy (non-hydrogen) atoms. The van der Waals surface area contributed by atoms with Crippen molar-refractivity contribution in [3.8, 4) is 0 Å². The maximum Gasteiger partial charge on any atom is 0.240 e. The summed E-state index contributed by atoms with van der Waals surface area (Å²) in [7, 11) is 0. The van der Waals surface area contributed by atoms with Gasteiger partial charge in [0.1, 0.15) is 5.38 Å². The molecule has 1 aromatic rings. The molecule has 0 saturated carbocycles. The van der Waals surface area contributed by atoms with Gasteiger partial charge in [0.05, 0.1) is 0 Å². The van der Waals surface area contributed by atoms with Crippen LogP contribution in [0, 0.1) is 6.92 Å². The number of carbonyl (C=O) groups excluding carboxylic acids is 1. The number of nitrogens with two attached hydrogens (primary N) is 1. The third kappa shape index (κ3) is 2.36. The van der Waals surface area contributed by atoms with Crippen LogP contribution in [0.5, 0.6) is 0 Å². The summed E-state index contributed by atoms with van der Waals surface area (Å²) >= 11 is 11.6. The van der Waals surface area contributed by atoms with E-state index in [0.29, 0.717) is 10.6 Å². The second-order valence-corrected chi connectivity index (χ2v) is 3.63. The molecule has 1 unspecified atom stereocenters. The lowest BCUT2D eigenvalue weighted by atomic mass is 10.1. The SMILES string of the molecule is Cc1ccc(Cl)c(C(Cl)C(N)=O)c1. The fourth-order valence-electron chi connectivity index (χ4n) is 1.01. The Labute approximate surface area is 86.6 Å². The quantitative estimate of drug-likeness (QED) is 0.761. The summed E-state index contributed by atoms with van der Waals surface area (Å²) in [4.78, 5) is 10.8. The average Bonchev–Trinajstić information content (AvgIpc) is 2.08. The van der Waals surface area contributed by atoms with Gasteiger partial charge in [-0.2, -0.15) is 0 Å². The first-order valence-electron chi connectivity index (χ1n) is 3.72. The fraction of sp³-hybridized carbons (Fsp3) is 0.222. The minimum absolute atomic E-state index is 0.462. The zero-order valence-electron chi connectivity index (χ0n) is 7.05. The van der Waals surface area contributed by atoms with Gasteiger partial charge in [-0.15, -0.1) is 11.6 Å². The minimum Gasteiger partial charge on any atom is -0.368 e. The Morgan fingerprint density at radius 1 is 1.54 bits per heavy atom. The molecular formula is C9H9Cl2NO. The number of halogens is 2. The summed E-state index contributed by atoms with van der Waals surface area (Å²) in [6.07, 6.45) is 0. The Morgan fingerprint density at radius 3 is 2.69 bits per heavy atom. The van der Waals surface area contributed by atoms with Gasteiger partial charge in [-0.25, -0.2) is 0 Å². The lowest BCUT2D eigenvalue weighted by Crippen LogP contribution is -2.17. The Kier molecular flexibility index (Phi) is 3.17. The molecule has 0 aliphatic rings. The Hall–Kier alpha value is -0.730. The summed E-state index contributed by atoms with van der Waals surface area (Å²) in [5.41, 5.74) is 6.61. The average molecular weight is 218 g/mol. The van der Waals surface area contributed by atoms with Crippen molar-refractivity contribution in [1.82, 2.24) is 0 Å². The number of rotatable bonds is 2. The molecule has 2 N–H and O–H groups in total. The van der Waals surface area contributed by atoms with Gasteiger partial charge in [0, 0.05) is 5.02 Å². The predicted octanol–water partition coefficient (Wildman–Crippen LogP) is 2.41. The molecule has 0 fully saturated rings. The van der Waals surface area contributed by atoms with Crippen molar-refractivity contribution in [2.45, 2.75) is 12.3 Å². The first kappa shape index (κ1) is 10.4. The smallest absolute Gasteiger partial charge is 0.240 e. The van der Waals surface area contributed by atoms with Crippen LogP contribution in [-0.2, 0) is 4.79 Å². The van der Waals surface area contributed by atoms with Gasteiger partial charge in [0.2, 0.25) is 5.91 Å². The Morgan fingerprint density at radius 2 is 2.15 bits per heavy atom. The van der Waals surface area contributed by atoms with E-state index in [1.807, 2.05) is 13.0 Å². The monoisotopic (exact) mass is 217 g/mol. The topological polar surface area (TPSA) is 43.1 Å². The molecule has 1 amide bonds. The number of hydrogen-bond acceptors (Lipinski definition) is 1. The van der Waals surface area contributed by atoms with Gasteiger partial charge >= 0.3 is 0 Å². The molecule has 0 aliphatic heterocycles. The second-order valence-electron chi connectivity index (χ2n) is 2.79. The highest BCUT2D eigenvalue weighted by molar-refractivity contribution is 6.35. The molecule has 4 heteroatoms. The van der Waals surface area contributed by atoms with Crippen LogP contribution in [0.15, 0.2) is 18.2 Å². The van der Waals surface area contributed by atoms with Crippen molar-refractivity contribution in [3.63, 3.8) is 0 Å². The maximum absolute atomic E-state index is 10.8. The molecule has 0 heterocycles. The molecule has 2 nitrogen and oxygen atoms in total. The van der Waals surface area contributed by atoms with Gasteiger partial charge in [0.25, 0.3) is 0 Å². The van der Waals surface area contributed by atoms with Crippen LogP contribution in [0.25, 0.3) is 0 Å². The predicted molar refractivity (Wildman–Crippen MR) is 54.0 cm³/mol. The van der Waals surface area contributed by atoms with Crippen LogP contribution in [0.1, 0.15) is 16.5 Å². The largest absolute Gasteiger partial charge is 0.368 e. The second kappa shape index (κ2) is 3.99.